The van der Waals surface area contributed by atoms with Crippen molar-refractivity contribution in [3.8, 4) is 10.6 Å². The van der Waals surface area contributed by atoms with Crippen molar-refractivity contribution in [2.75, 3.05) is 12.4 Å². The van der Waals surface area contributed by atoms with Crippen molar-refractivity contribution >= 4 is 45.9 Å². The highest BCUT2D eigenvalue weighted by Crippen LogP contribution is 2.36. The van der Waals surface area contributed by atoms with Gasteiger partial charge in [-0.3, -0.25) is 0 Å². The molecule has 11 heteroatoms. The molecule has 0 fully saturated rings. The molecule has 2 aromatic heterocycles. The second-order valence-corrected chi connectivity index (χ2v) is 8.61. The number of carbonyl (C=O) groups excluding carboxylic acids is 1. The van der Waals surface area contributed by atoms with E-state index in [9.17, 15) is 18.0 Å². The van der Waals surface area contributed by atoms with E-state index < -0.39 is 5.51 Å². The number of anilines is 1. The zero-order chi connectivity index (χ0) is 25.4. The van der Waals surface area contributed by atoms with Gasteiger partial charge in [0.25, 0.3) is 0 Å². The molecule has 1 aromatic carbocycles. The maximum atomic E-state index is 11.9. The summed E-state index contributed by atoms with van der Waals surface area (Å²) in [5.74, 6) is 0. The van der Waals surface area contributed by atoms with Crippen molar-refractivity contribution in [1.82, 2.24) is 9.97 Å². The minimum absolute atomic E-state index is 0.00543. The standard InChI is InChI=1S/C9H7F3OS.C9H11N3OS2.2C2H6/c10-9(11,12)14-8-3-1-7(2-4-8)5-6-13;1-5-8(15-7(3-13)11-5)6-4-14-9(10-2)12-6;2*1-2/h1-4,6H,5H2;4,13H,3H2,1-2H3,(H,10,12);2*1-2H3. The van der Waals surface area contributed by atoms with Gasteiger partial charge in [-0.05, 0) is 36.4 Å². The van der Waals surface area contributed by atoms with E-state index in [1.165, 1.54) is 35.6 Å². The molecule has 0 saturated carbocycles. The Morgan fingerprint density at radius 1 is 1.12 bits per heavy atom. The average molecular weight is 522 g/mol. The molecule has 0 saturated heterocycles. The number of rotatable bonds is 6. The monoisotopic (exact) mass is 521 g/mol. The minimum Gasteiger partial charge on any atom is -0.389 e. The third kappa shape index (κ3) is 11.6. The van der Waals surface area contributed by atoms with Crippen molar-refractivity contribution < 1.29 is 23.1 Å². The largest absolute Gasteiger partial charge is 0.446 e. The van der Waals surface area contributed by atoms with Crippen LogP contribution in [0.25, 0.3) is 10.6 Å². The molecule has 0 spiro atoms. The molecule has 0 radical (unpaired) electrons. The smallest absolute Gasteiger partial charge is 0.389 e. The normalized spacial score (nSPS) is 10.0. The van der Waals surface area contributed by atoms with Crippen LogP contribution in [0.2, 0.25) is 0 Å². The zero-order valence-corrected chi connectivity index (χ0v) is 21.9. The molecule has 0 amide bonds. The maximum absolute atomic E-state index is 11.9. The third-order valence-electron chi connectivity index (χ3n) is 3.40. The average Bonchev–Trinajstić information content (AvgIpc) is 3.43. The number of hydrogen-bond acceptors (Lipinski definition) is 8. The molecule has 2 N–H and O–H groups in total. The Hall–Kier alpha value is -1.95. The van der Waals surface area contributed by atoms with E-state index in [0.29, 0.717) is 11.8 Å². The molecular formula is C22H30F3N3O2S3. The first-order valence-corrected chi connectivity index (χ1v) is 12.8. The number of aryl methyl sites for hydroxylation is 1. The van der Waals surface area contributed by atoms with Gasteiger partial charge in [0.15, 0.2) is 5.13 Å². The maximum Gasteiger partial charge on any atom is 0.446 e. The van der Waals surface area contributed by atoms with Crippen LogP contribution in [0.3, 0.4) is 0 Å². The van der Waals surface area contributed by atoms with Gasteiger partial charge in [0.2, 0.25) is 0 Å². The second-order valence-electron chi connectivity index (χ2n) is 5.53. The molecule has 33 heavy (non-hydrogen) atoms. The first-order chi connectivity index (χ1) is 15.8. The molecule has 2 heterocycles. The van der Waals surface area contributed by atoms with Crippen molar-refractivity contribution in [1.29, 1.82) is 0 Å². The van der Waals surface area contributed by atoms with E-state index >= 15 is 0 Å². The summed E-state index contributed by atoms with van der Waals surface area (Å²) in [5, 5.41) is 15.6. The van der Waals surface area contributed by atoms with Crippen molar-refractivity contribution in [2.45, 2.75) is 58.1 Å². The lowest BCUT2D eigenvalue weighted by Crippen LogP contribution is -1.98. The van der Waals surface area contributed by atoms with Gasteiger partial charge in [0.05, 0.1) is 22.9 Å². The third-order valence-corrected chi connectivity index (χ3v) is 6.17. The molecule has 0 aliphatic carbocycles. The summed E-state index contributed by atoms with van der Waals surface area (Å²) >= 11 is 2.89. The number of hydrogen-bond donors (Lipinski definition) is 2. The van der Waals surface area contributed by atoms with Gasteiger partial charge < -0.3 is 15.2 Å². The van der Waals surface area contributed by atoms with E-state index in [-0.39, 0.29) is 29.7 Å². The van der Waals surface area contributed by atoms with Crippen LogP contribution in [-0.4, -0.2) is 33.9 Å². The summed E-state index contributed by atoms with van der Waals surface area (Å²) in [7, 11) is 1.85. The Labute approximate surface area is 205 Å². The van der Waals surface area contributed by atoms with Crippen LogP contribution in [0.4, 0.5) is 18.3 Å². The summed E-state index contributed by atoms with van der Waals surface area (Å²) in [6.45, 7) is 9.93. The van der Waals surface area contributed by atoms with Crippen LogP contribution in [0.15, 0.2) is 34.5 Å². The van der Waals surface area contributed by atoms with Crippen molar-refractivity contribution in [3.63, 3.8) is 0 Å². The first-order valence-electron chi connectivity index (χ1n) is 10.2. The number of aldehydes is 1. The van der Waals surface area contributed by atoms with E-state index in [1.54, 1.807) is 11.3 Å². The van der Waals surface area contributed by atoms with Gasteiger partial charge in [0, 0.05) is 23.7 Å². The Morgan fingerprint density at radius 3 is 2.15 bits per heavy atom. The molecule has 184 valence electrons. The lowest BCUT2D eigenvalue weighted by atomic mass is 10.2. The van der Waals surface area contributed by atoms with E-state index in [2.05, 4.69) is 15.3 Å². The number of nitrogens with one attached hydrogen (secondary N) is 1. The Bertz CT molecular complexity index is 927. The van der Waals surface area contributed by atoms with Gasteiger partial charge in [0.1, 0.15) is 11.3 Å². The summed E-state index contributed by atoms with van der Waals surface area (Å²) in [5.41, 5.74) is -1.69. The SMILES string of the molecule is CC.CC.CNc1nc(-c2sc(CO)nc2C)cs1.O=CCc1ccc(SC(F)(F)F)cc1. The second kappa shape index (κ2) is 16.6. The number of alkyl halides is 3. The molecule has 0 aliphatic rings. The number of benzene rings is 1. The number of carbonyl (C=O) groups is 1. The Balaban J connectivity index is 0.000000541. The van der Waals surface area contributed by atoms with E-state index in [4.69, 9.17) is 5.11 Å². The van der Waals surface area contributed by atoms with E-state index in [0.717, 1.165) is 26.4 Å². The number of thioether (sulfide) groups is 1. The predicted molar refractivity (Wildman–Crippen MR) is 134 cm³/mol. The van der Waals surface area contributed by atoms with Gasteiger partial charge >= 0.3 is 5.51 Å². The number of thiazole rings is 2. The highest BCUT2D eigenvalue weighted by Gasteiger charge is 2.28. The minimum atomic E-state index is -4.26. The fourth-order valence-electron chi connectivity index (χ4n) is 2.17. The van der Waals surface area contributed by atoms with Crippen LogP contribution in [-0.2, 0) is 17.8 Å². The highest BCUT2D eigenvalue weighted by atomic mass is 32.2. The summed E-state index contributed by atoms with van der Waals surface area (Å²) in [6, 6.07) is 5.75. The number of aromatic nitrogens is 2. The van der Waals surface area contributed by atoms with Crippen LogP contribution in [0, 0.1) is 6.92 Å². The lowest BCUT2D eigenvalue weighted by molar-refractivity contribution is -0.107. The summed E-state index contributed by atoms with van der Waals surface area (Å²) in [6.07, 6.45) is 0.947. The molecule has 5 nitrogen and oxygen atoms in total. The van der Waals surface area contributed by atoms with Gasteiger partial charge in [-0.25, -0.2) is 9.97 Å². The topological polar surface area (TPSA) is 75.1 Å². The fraction of sp³-hybridized carbons (Fsp3) is 0.409. The molecular weight excluding hydrogens is 491 g/mol. The molecule has 0 aliphatic heterocycles. The molecule has 3 aromatic rings. The number of nitrogens with zero attached hydrogens (tertiary/aromatic N) is 2. The molecule has 0 unspecified atom stereocenters. The Kier molecular flexibility index (Phi) is 15.6. The van der Waals surface area contributed by atoms with Crippen molar-refractivity contribution in [3.05, 3.63) is 45.9 Å². The molecule has 3 rings (SSSR count). The summed E-state index contributed by atoms with van der Waals surface area (Å²) in [4.78, 5) is 19.9. The molecule has 0 bridgehead atoms. The molecule has 0 atom stereocenters. The first kappa shape index (κ1) is 31.0. The lowest BCUT2D eigenvalue weighted by Gasteiger charge is -2.05. The summed E-state index contributed by atoms with van der Waals surface area (Å²) < 4.78 is 35.7. The van der Waals surface area contributed by atoms with Crippen LogP contribution >= 0.6 is 34.4 Å². The van der Waals surface area contributed by atoms with Gasteiger partial charge in [-0.2, -0.15) is 13.2 Å². The van der Waals surface area contributed by atoms with Gasteiger partial charge in [-0.15, -0.1) is 22.7 Å². The van der Waals surface area contributed by atoms with Crippen molar-refractivity contribution in [2.24, 2.45) is 0 Å². The van der Waals surface area contributed by atoms with Crippen LogP contribution < -0.4 is 5.32 Å². The number of halogens is 3. The highest BCUT2D eigenvalue weighted by molar-refractivity contribution is 8.00. The van der Waals surface area contributed by atoms with Crippen LogP contribution in [0.1, 0.15) is 44.0 Å². The quantitative estimate of drug-likeness (QED) is 0.264. The van der Waals surface area contributed by atoms with Gasteiger partial charge in [-0.1, -0.05) is 39.8 Å². The Morgan fingerprint density at radius 2 is 1.73 bits per heavy atom. The fourth-order valence-corrected chi connectivity index (χ4v) is 4.34. The zero-order valence-electron chi connectivity index (χ0n) is 19.5. The van der Waals surface area contributed by atoms with Crippen LogP contribution in [0.5, 0.6) is 0 Å². The number of aliphatic hydroxyl groups is 1. The van der Waals surface area contributed by atoms with E-state index in [1.807, 2.05) is 47.0 Å². The predicted octanol–water partition coefficient (Wildman–Crippen LogP) is 7.20. The number of aliphatic hydroxyl groups excluding tert-OH is 1.